The summed E-state index contributed by atoms with van der Waals surface area (Å²) < 4.78 is 1.75. The Labute approximate surface area is 118 Å². The van der Waals surface area contributed by atoms with Crippen LogP contribution in [0, 0.1) is 0 Å². The van der Waals surface area contributed by atoms with Gasteiger partial charge in [0.1, 0.15) is 6.33 Å². The van der Waals surface area contributed by atoms with Crippen molar-refractivity contribution in [2.75, 3.05) is 17.7 Å². The summed E-state index contributed by atoms with van der Waals surface area (Å²) in [6.07, 6.45) is 7.14. The van der Waals surface area contributed by atoms with Gasteiger partial charge in [0.25, 0.3) is 0 Å². The minimum atomic E-state index is -0.0292. The summed E-state index contributed by atoms with van der Waals surface area (Å²) in [4.78, 5) is 17.2. The van der Waals surface area contributed by atoms with E-state index in [4.69, 9.17) is 0 Å². The van der Waals surface area contributed by atoms with Gasteiger partial charge in [-0.1, -0.05) is 13.8 Å². The van der Waals surface area contributed by atoms with E-state index >= 15 is 0 Å². The lowest BCUT2D eigenvalue weighted by molar-refractivity contribution is 0.474. The molecule has 2 aromatic heterocycles. The molecule has 0 radical (unpaired) electrons. The number of aromatic nitrogens is 5. The van der Waals surface area contributed by atoms with Crippen molar-refractivity contribution in [1.29, 1.82) is 0 Å². The van der Waals surface area contributed by atoms with Crippen molar-refractivity contribution in [3.63, 3.8) is 0 Å². The molecule has 0 bridgehead atoms. The van der Waals surface area contributed by atoms with E-state index < -0.39 is 0 Å². The van der Waals surface area contributed by atoms with Gasteiger partial charge in [0.15, 0.2) is 0 Å². The highest BCUT2D eigenvalue weighted by atomic mass is 15.3. The second kappa shape index (κ2) is 5.85. The molecule has 20 heavy (non-hydrogen) atoms. The number of rotatable bonds is 6. The summed E-state index contributed by atoms with van der Waals surface area (Å²) >= 11 is 0. The summed E-state index contributed by atoms with van der Waals surface area (Å²) in [5, 5.41) is 6.35. The molecule has 2 heterocycles. The molecule has 0 aliphatic heterocycles. The fourth-order valence-corrected chi connectivity index (χ4v) is 1.72. The van der Waals surface area contributed by atoms with E-state index in [9.17, 15) is 0 Å². The third-order valence-electron chi connectivity index (χ3n) is 3.56. The van der Waals surface area contributed by atoms with Crippen LogP contribution in [-0.4, -0.2) is 37.1 Å². The van der Waals surface area contributed by atoms with Crippen LogP contribution in [0.5, 0.6) is 0 Å². The van der Waals surface area contributed by atoms with E-state index in [1.54, 1.807) is 30.3 Å². The second-order valence-corrected chi connectivity index (χ2v) is 4.90. The summed E-state index contributed by atoms with van der Waals surface area (Å²) in [6.45, 7) is 6.45. The number of nitrogens with one attached hydrogen (secondary N) is 2. The van der Waals surface area contributed by atoms with E-state index in [0.29, 0.717) is 17.8 Å². The van der Waals surface area contributed by atoms with Crippen molar-refractivity contribution in [3.05, 3.63) is 18.7 Å². The Morgan fingerprint density at radius 2 is 1.85 bits per heavy atom. The minimum absolute atomic E-state index is 0.0292. The van der Waals surface area contributed by atoms with Gasteiger partial charge in [0, 0.05) is 25.0 Å². The molecule has 0 aromatic carbocycles. The lowest BCUT2D eigenvalue weighted by Crippen LogP contribution is -2.34. The number of anilines is 2. The van der Waals surface area contributed by atoms with Crippen molar-refractivity contribution in [2.24, 2.45) is 0 Å². The topological polar surface area (TPSA) is 80.5 Å². The van der Waals surface area contributed by atoms with Gasteiger partial charge in [-0.3, -0.25) is 4.57 Å². The Kier molecular flexibility index (Phi) is 4.16. The zero-order chi connectivity index (χ0) is 14.6. The van der Waals surface area contributed by atoms with Crippen molar-refractivity contribution in [2.45, 2.75) is 39.2 Å². The molecule has 0 atom stereocenters. The first-order valence-electron chi connectivity index (χ1n) is 6.80. The molecule has 0 aliphatic carbocycles. The molecule has 0 saturated carbocycles. The predicted molar refractivity (Wildman–Crippen MR) is 79.1 cm³/mol. The molecular weight excluding hydrogens is 254 g/mol. The van der Waals surface area contributed by atoms with E-state index in [1.807, 2.05) is 0 Å². The molecular formula is C13H21N7. The molecule has 0 unspecified atom stereocenters. The minimum Gasteiger partial charge on any atom is -0.357 e. The molecule has 2 aromatic rings. The van der Waals surface area contributed by atoms with Gasteiger partial charge in [0.05, 0.1) is 0 Å². The second-order valence-electron chi connectivity index (χ2n) is 4.90. The average Bonchev–Trinajstić information content (AvgIpc) is 3.01. The molecule has 0 fully saturated rings. The number of nitrogens with zero attached hydrogens (tertiary/aromatic N) is 5. The van der Waals surface area contributed by atoms with Gasteiger partial charge in [0.2, 0.25) is 17.8 Å². The maximum atomic E-state index is 4.45. The van der Waals surface area contributed by atoms with E-state index in [0.717, 1.165) is 12.8 Å². The lowest BCUT2D eigenvalue weighted by Gasteiger charge is -2.28. The van der Waals surface area contributed by atoms with Crippen LogP contribution < -0.4 is 10.6 Å². The molecule has 0 aliphatic rings. The molecule has 2 N–H and O–H groups in total. The predicted octanol–water partition coefficient (Wildman–Crippen LogP) is 2.09. The Morgan fingerprint density at radius 3 is 2.40 bits per heavy atom. The molecule has 0 spiro atoms. The van der Waals surface area contributed by atoms with E-state index in [2.05, 4.69) is 51.3 Å². The number of imidazole rings is 1. The largest absolute Gasteiger partial charge is 0.357 e. The normalized spacial score (nSPS) is 11.4. The highest BCUT2D eigenvalue weighted by molar-refractivity contribution is 5.39. The zero-order valence-electron chi connectivity index (χ0n) is 12.4. The third kappa shape index (κ3) is 3.04. The van der Waals surface area contributed by atoms with Crippen LogP contribution in [-0.2, 0) is 0 Å². The van der Waals surface area contributed by atoms with E-state index in [-0.39, 0.29) is 5.54 Å². The summed E-state index contributed by atoms with van der Waals surface area (Å²) in [5.41, 5.74) is -0.0292. The Balaban J connectivity index is 2.36. The van der Waals surface area contributed by atoms with Crippen LogP contribution in [0.2, 0.25) is 0 Å². The van der Waals surface area contributed by atoms with Gasteiger partial charge in [-0.25, -0.2) is 4.98 Å². The standard InChI is InChI=1S/C13H21N7/c1-5-13(3,6-2)19-11-16-10(14-4)17-12(18-11)20-8-7-15-9-20/h7-9H,5-6H2,1-4H3,(H2,14,16,17,18,19). The summed E-state index contributed by atoms with van der Waals surface area (Å²) in [6, 6.07) is 0. The molecule has 0 amide bonds. The van der Waals surface area contributed by atoms with Crippen LogP contribution >= 0.6 is 0 Å². The monoisotopic (exact) mass is 275 g/mol. The molecule has 108 valence electrons. The number of hydrogen-bond acceptors (Lipinski definition) is 6. The van der Waals surface area contributed by atoms with Gasteiger partial charge < -0.3 is 10.6 Å². The SMILES string of the molecule is CCC(C)(CC)Nc1nc(NC)nc(-n2ccnc2)n1. The molecule has 7 nitrogen and oxygen atoms in total. The highest BCUT2D eigenvalue weighted by Crippen LogP contribution is 2.20. The zero-order valence-corrected chi connectivity index (χ0v) is 12.4. The summed E-state index contributed by atoms with van der Waals surface area (Å²) in [5.74, 6) is 1.64. The molecule has 2 rings (SSSR count). The van der Waals surface area contributed by atoms with Crippen LogP contribution in [0.1, 0.15) is 33.6 Å². The fraction of sp³-hybridized carbons (Fsp3) is 0.538. The first-order valence-corrected chi connectivity index (χ1v) is 6.80. The fourth-order valence-electron chi connectivity index (χ4n) is 1.72. The number of hydrogen-bond donors (Lipinski definition) is 2. The highest BCUT2D eigenvalue weighted by Gasteiger charge is 2.21. The van der Waals surface area contributed by atoms with Crippen LogP contribution in [0.4, 0.5) is 11.9 Å². The van der Waals surface area contributed by atoms with Gasteiger partial charge in [-0.2, -0.15) is 15.0 Å². The Morgan fingerprint density at radius 1 is 1.15 bits per heavy atom. The van der Waals surface area contributed by atoms with Crippen LogP contribution in [0.25, 0.3) is 5.95 Å². The van der Waals surface area contributed by atoms with Crippen LogP contribution in [0.15, 0.2) is 18.7 Å². The van der Waals surface area contributed by atoms with Gasteiger partial charge in [-0.05, 0) is 19.8 Å². The average molecular weight is 275 g/mol. The Bertz CT molecular complexity index is 546. The van der Waals surface area contributed by atoms with Crippen molar-refractivity contribution in [1.82, 2.24) is 24.5 Å². The first kappa shape index (κ1) is 14.2. The Hall–Kier alpha value is -2.18. The van der Waals surface area contributed by atoms with Gasteiger partial charge in [-0.15, -0.1) is 0 Å². The van der Waals surface area contributed by atoms with Crippen molar-refractivity contribution < 1.29 is 0 Å². The third-order valence-corrected chi connectivity index (χ3v) is 3.56. The van der Waals surface area contributed by atoms with Crippen molar-refractivity contribution >= 4 is 11.9 Å². The summed E-state index contributed by atoms with van der Waals surface area (Å²) in [7, 11) is 1.79. The van der Waals surface area contributed by atoms with Crippen molar-refractivity contribution in [3.8, 4) is 5.95 Å². The maximum Gasteiger partial charge on any atom is 0.241 e. The molecule has 7 heteroatoms. The maximum absolute atomic E-state index is 4.45. The first-order chi connectivity index (χ1) is 9.60. The quantitative estimate of drug-likeness (QED) is 0.840. The van der Waals surface area contributed by atoms with E-state index in [1.165, 1.54) is 0 Å². The van der Waals surface area contributed by atoms with Gasteiger partial charge >= 0.3 is 0 Å². The van der Waals surface area contributed by atoms with Crippen LogP contribution in [0.3, 0.4) is 0 Å². The molecule has 0 saturated heterocycles. The smallest absolute Gasteiger partial charge is 0.241 e. The lowest BCUT2D eigenvalue weighted by atomic mass is 9.96.